The third kappa shape index (κ3) is 3.30. The lowest BCUT2D eigenvalue weighted by Gasteiger charge is -2.40. The molecule has 1 saturated carbocycles. The summed E-state index contributed by atoms with van der Waals surface area (Å²) in [6.07, 6.45) is 0.740. The second-order valence-electron chi connectivity index (χ2n) is 8.79. The molecule has 0 radical (unpaired) electrons. The van der Waals surface area contributed by atoms with Crippen molar-refractivity contribution < 1.29 is 28.3 Å². The van der Waals surface area contributed by atoms with E-state index < -0.39 is 17.9 Å². The minimum Gasteiger partial charge on any atom is -0.493 e. The predicted octanol–water partition coefficient (Wildman–Crippen LogP) is 3.96. The first-order valence-electron chi connectivity index (χ1n) is 10.9. The highest BCUT2D eigenvalue weighted by Gasteiger charge is 2.55. The second-order valence-corrected chi connectivity index (χ2v) is 9.35. The molecule has 3 heterocycles. The van der Waals surface area contributed by atoms with Crippen LogP contribution in [0, 0.1) is 18.8 Å². The second kappa shape index (κ2) is 8.09. The smallest absolute Gasteiger partial charge is 0.295 e. The number of amides is 1. The Labute approximate surface area is 196 Å². The molecule has 8 nitrogen and oxygen atoms in total. The summed E-state index contributed by atoms with van der Waals surface area (Å²) in [5.41, 5.74) is 0.893. The molecule has 2 aliphatic heterocycles. The Hall–Kier alpha value is -3.00. The molecule has 174 valence electrons. The van der Waals surface area contributed by atoms with Gasteiger partial charge in [-0.3, -0.25) is 14.5 Å². The van der Waals surface area contributed by atoms with Crippen molar-refractivity contribution in [3.05, 3.63) is 46.9 Å². The maximum absolute atomic E-state index is 13.9. The van der Waals surface area contributed by atoms with Crippen molar-refractivity contribution in [3.63, 3.8) is 0 Å². The number of carbonyl (C=O) groups is 2. The lowest BCUT2D eigenvalue weighted by Crippen LogP contribution is -2.44. The number of nitrogens with zero attached hydrogens (tertiary/aromatic N) is 2. The van der Waals surface area contributed by atoms with Crippen LogP contribution < -0.4 is 14.4 Å². The van der Waals surface area contributed by atoms with E-state index >= 15 is 0 Å². The van der Waals surface area contributed by atoms with E-state index in [2.05, 4.69) is 5.16 Å². The summed E-state index contributed by atoms with van der Waals surface area (Å²) in [5, 5.41) is 3.94. The first-order valence-corrected chi connectivity index (χ1v) is 11.4. The molecule has 5 atom stereocenters. The van der Waals surface area contributed by atoms with Gasteiger partial charge < -0.3 is 18.7 Å². The predicted molar refractivity (Wildman–Crippen MR) is 119 cm³/mol. The molecule has 0 saturated heterocycles. The highest BCUT2D eigenvalue weighted by Crippen LogP contribution is 2.51. The fourth-order valence-electron chi connectivity index (χ4n) is 5.14. The van der Waals surface area contributed by atoms with E-state index in [1.54, 1.807) is 25.1 Å². The van der Waals surface area contributed by atoms with Gasteiger partial charge >= 0.3 is 0 Å². The molecule has 0 spiro atoms. The SMILES string of the molecule is COc1cccc(C2C3=C(OC4CC(C)C(Cl)CC4C3=O)C(=O)N2c2cc(C)on2)c1OC. The van der Waals surface area contributed by atoms with Gasteiger partial charge in [-0.05, 0) is 31.7 Å². The monoisotopic (exact) mass is 472 g/mol. The van der Waals surface area contributed by atoms with Crippen LogP contribution in [0.5, 0.6) is 11.5 Å². The number of benzene rings is 1. The number of methoxy groups -OCH3 is 2. The minimum atomic E-state index is -0.802. The van der Waals surface area contributed by atoms with E-state index in [-0.39, 0.29) is 28.9 Å². The van der Waals surface area contributed by atoms with Gasteiger partial charge in [-0.25, -0.2) is 0 Å². The van der Waals surface area contributed by atoms with Gasteiger partial charge in [0.05, 0.1) is 25.7 Å². The number of ketones is 1. The van der Waals surface area contributed by atoms with Crippen molar-refractivity contribution in [2.45, 2.75) is 44.2 Å². The van der Waals surface area contributed by atoms with Crippen molar-refractivity contribution in [2.75, 3.05) is 19.1 Å². The zero-order chi connectivity index (χ0) is 23.4. The normalized spacial score (nSPS) is 29.0. The summed E-state index contributed by atoms with van der Waals surface area (Å²) in [5.74, 6) is 1.04. The fraction of sp³-hybridized carbons (Fsp3) is 0.458. The highest BCUT2D eigenvalue weighted by molar-refractivity contribution is 6.21. The minimum absolute atomic E-state index is 0.0667. The van der Waals surface area contributed by atoms with Gasteiger partial charge in [-0.2, -0.15) is 0 Å². The Balaban J connectivity index is 1.69. The number of para-hydroxylation sites is 1. The Morgan fingerprint density at radius 3 is 2.64 bits per heavy atom. The van der Waals surface area contributed by atoms with Gasteiger partial charge in [0.15, 0.2) is 28.9 Å². The molecular formula is C24H25ClN2O6. The molecule has 0 N–H and O–H groups in total. The molecule has 3 aliphatic rings. The van der Waals surface area contributed by atoms with Gasteiger partial charge in [0.1, 0.15) is 17.9 Å². The molecule has 0 bridgehead atoms. The first kappa shape index (κ1) is 21.8. The molecule has 1 amide bonds. The molecule has 2 aromatic rings. The average Bonchev–Trinajstić information content (AvgIpc) is 3.35. The van der Waals surface area contributed by atoms with Crippen molar-refractivity contribution >= 4 is 29.1 Å². The number of halogens is 1. The van der Waals surface area contributed by atoms with Gasteiger partial charge in [-0.1, -0.05) is 24.2 Å². The fourth-order valence-corrected chi connectivity index (χ4v) is 5.44. The summed E-state index contributed by atoms with van der Waals surface area (Å²) in [6.45, 7) is 3.78. The van der Waals surface area contributed by atoms with E-state index in [0.29, 0.717) is 47.1 Å². The topological polar surface area (TPSA) is 91.1 Å². The van der Waals surface area contributed by atoms with Gasteiger partial charge in [-0.15, -0.1) is 11.6 Å². The number of aromatic nitrogens is 1. The zero-order valence-electron chi connectivity index (χ0n) is 18.8. The Morgan fingerprint density at radius 1 is 1.18 bits per heavy atom. The van der Waals surface area contributed by atoms with Crippen molar-refractivity contribution in [2.24, 2.45) is 11.8 Å². The number of ether oxygens (including phenoxy) is 3. The van der Waals surface area contributed by atoms with E-state index in [4.69, 9.17) is 30.3 Å². The Kier molecular flexibility index (Phi) is 5.35. The standard InChI is InChI=1S/C24H25ClN2O6/c1-11-8-17-14(10-15(11)25)21(28)19-20(13-6-5-7-16(30-3)22(13)31-4)27(24(29)23(19)32-17)18-9-12(2)33-26-18/h5-7,9,11,14-15,17,20H,8,10H2,1-4H3. The Bertz CT molecular complexity index is 1160. The van der Waals surface area contributed by atoms with Crippen molar-refractivity contribution in [3.8, 4) is 11.5 Å². The highest BCUT2D eigenvalue weighted by atomic mass is 35.5. The molecule has 1 fully saturated rings. The van der Waals surface area contributed by atoms with Crippen molar-refractivity contribution in [1.29, 1.82) is 0 Å². The lowest BCUT2D eigenvalue weighted by atomic mass is 9.74. The largest absolute Gasteiger partial charge is 0.493 e. The lowest BCUT2D eigenvalue weighted by molar-refractivity contribution is -0.132. The molecule has 9 heteroatoms. The Morgan fingerprint density at radius 2 is 1.97 bits per heavy atom. The molecule has 1 aliphatic carbocycles. The number of alkyl halides is 1. The number of carbonyl (C=O) groups excluding carboxylic acids is 2. The summed E-state index contributed by atoms with van der Waals surface area (Å²) in [4.78, 5) is 29.0. The molecule has 33 heavy (non-hydrogen) atoms. The average molecular weight is 473 g/mol. The van der Waals surface area contributed by atoms with Gasteiger partial charge in [0, 0.05) is 17.0 Å². The van der Waals surface area contributed by atoms with Crippen LogP contribution in [0.1, 0.15) is 37.1 Å². The maximum Gasteiger partial charge on any atom is 0.295 e. The summed E-state index contributed by atoms with van der Waals surface area (Å²) >= 11 is 6.53. The number of rotatable bonds is 4. The molecule has 5 rings (SSSR count). The van der Waals surface area contributed by atoms with Crippen LogP contribution >= 0.6 is 11.6 Å². The number of Topliss-reactive ketones (excluding diaryl/α,β-unsaturated/α-hetero) is 1. The van der Waals surface area contributed by atoms with Gasteiger partial charge in [0.2, 0.25) is 0 Å². The molecule has 1 aromatic heterocycles. The van der Waals surface area contributed by atoms with E-state index in [9.17, 15) is 9.59 Å². The van der Waals surface area contributed by atoms with Crippen LogP contribution in [0.3, 0.4) is 0 Å². The van der Waals surface area contributed by atoms with E-state index in [1.165, 1.54) is 19.1 Å². The third-order valence-electron chi connectivity index (χ3n) is 6.80. The van der Waals surface area contributed by atoms with Crippen LogP contribution in [0.25, 0.3) is 0 Å². The number of anilines is 1. The number of hydrogen-bond donors (Lipinski definition) is 0. The number of hydrogen-bond acceptors (Lipinski definition) is 7. The number of fused-ring (bicyclic) bond motifs is 1. The quantitative estimate of drug-likeness (QED) is 0.622. The van der Waals surface area contributed by atoms with Crippen LogP contribution in [0.4, 0.5) is 5.82 Å². The van der Waals surface area contributed by atoms with Gasteiger partial charge in [0.25, 0.3) is 5.91 Å². The first-order chi connectivity index (χ1) is 15.8. The van der Waals surface area contributed by atoms with Crippen LogP contribution in [-0.4, -0.2) is 42.5 Å². The summed E-state index contributed by atoms with van der Waals surface area (Å²) in [6, 6.07) is 6.21. The molecule has 1 aromatic carbocycles. The van der Waals surface area contributed by atoms with Crippen LogP contribution in [0.2, 0.25) is 0 Å². The third-order valence-corrected chi connectivity index (χ3v) is 7.41. The van der Waals surface area contributed by atoms with Crippen LogP contribution in [-0.2, 0) is 14.3 Å². The number of aryl methyl sites for hydroxylation is 1. The van der Waals surface area contributed by atoms with E-state index in [1.807, 2.05) is 13.0 Å². The maximum atomic E-state index is 13.9. The zero-order valence-corrected chi connectivity index (χ0v) is 19.6. The summed E-state index contributed by atoms with van der Waals surface area (Å²) < 4.78 is 22.6. The molecular weight excluding hydrogens is 448 g/mol. The van der Waals surface area contributed by atoms with Crippen LogP contribution in [0.15, 0.2) is 40.1 Å². The van der Waals surface area contributed by atoms with Crippen molar-refractivity contribution in [1.82, 2.24) is 5.16 Å². The van der Waals surface area contributed by atoms with E-state index in [0.717, 1.165) is 0 Å². The summed E-state index contributed by atoms with van der Waals surface area (Å²) in [7, 11) is 3.06. The molecule has 5 unspecified atom stereocenters.